The zero-order valence-corrected chi connectivity index (χ0v) is 21.6. The second-order valence-electron chi connectivity index (χ2n) is 8.10. The van der Waals surface area contributed by atoms with Crippen LogP contribution in [-0.4, -0.2) is 57.1 Å². The molecule has 10 heteroatoms. The zero-order chi connectivity index (χ0) is 23.5. The molecule has 3 rings (SSSR count). The Morgan fingerprint density at radius 3 is 2.27 bits per heavy atom. The van der Waals surface area contributed by atoms with Gasteiger partial charge in [0.15, 0.2) is 15.0 Å². The third-order valence-electron chi connectivity index (χ3n) is 5.21. The van der Waals surface area contributed by atoms with Gasteiger partial charge in [0.1, 0.15) is 5.82 Å². The molecule has 1 heterocycles. The van der Waals surface area contributed by atoms with Crippen LogP contribution in [0.25, 0.3) is 10.2 Å². The minimum absolute atomic E-state index is 0. The number of aryl methyl sites for hydroxylation is 2. The molecule has 1 aromatic heterocycles. The number of thiazole rings is 1. The van der Waals surface area contributed by atoms with Crippen LogP contribution in [0.15, 0.2) is 41.3 Å². The Kier molecular flexibility index (Phi) is 9.37. The Morgan fingerprint density at radius 2 is 1.67 bits per heavy atom. The summed E-state index contributed by atoms with van der Waals surface area (Å²) in [6.45, 7) is 5.24. The Balaban J connectivity index is 0.00000385. The molecule has 0 aliphatic rings. The molecule has 0 fully saturated rings. The van der Waals surface area contributed by atoms with E-state index in [1.165, 1.54) is 23.5 Å². The van der Waals surface area contributed by atoms with Crippen LogP contribution in [0.1, 0.15) is 24.0 Å². The number of anilines is 1. The molecule has 0 saturated heterocycles. The van der Waals surface area contributed by atoms with Gasteiger partial charge in [-0.15, -0.1) is 12.4 Å². The van der Waals surface area contributed by atoms with E-state index in [4.69, 9.17) is 4.98 Å². The fourth-order valence-corrected chi connectivity index (χ4v) is 5.74. The average Bonchev–Trinajstić information content (AvgIpc) is 3.19. The quantitative estimate of drug-likeness (QED) is 0.390. The minimum Gasteiger partial charge on any atom is -0.309 e. The normalized spacial score (nSPS) is 11.6. The van der Waals surface area contributed by atoms with Crippen molar-refractivity contribution in [2.45, 2.75) is 31.6 Å². The molecule has 0 saturated carbocycles. The number of hydrogen-bond donors (Lipinski definition) is 0. The predicted molar refractivity (Wildman–Crippen MR) is 135 cm³/mol. The van der Waals surface area contributed by atoms with E-state index in [1.807, 2.05) is 45.0 Å². The number of amides is 1. The summed E-state index contributed by atoms with van der Waals surface area (Å²) >= 11 is 1.45. The van der Waals surface area contributed by atoms with Gasteiger partial charge in [-0.1, -0.05) is 23.5 Å². The van der Waals surface area contributed by atoms with Crippen molar-refractivity contribution in [3.05, 3.63) is 53.3 Å². The van der Waals surface area contributed by atoms with Crippen molar-refractivity contribution in [1.82, 2.24) is 9.88 Å². The van der Waals surface area contributed by atoms with E-state index in [-0.39, 0.29) is 35.4 Å². The van der Waals surface area contributed by atoms with Gasteiger partial charge in [-0.2, -0.15) is 0 Å². The summed E-state index contributed by atoms with van der Waals surface area (Å²) in [4.78, 5) is 21.5. The molecule has 0 spiro atoms. The van der Waals surface area contributed by atoms with Crippen LogP contribution in [0.2, 0.25) is 0 Å². The van der Waals surface area contributed by atoms with Crippen LogP contribution in [0.4, 0.5) is 9.52 Å². The van der Waals surface area contributed by atoms with Crippen molar-refractivity contribution in [2.24, 2.45) is 0 Å². The first-order valence-corrected chi connectivity index (χ1v) is 12.9. The van der Waals surface area contributed by atoms with Crippen molar-refractivity contribution in [3.8, 4) is 0 Å². The molecule has 0 aliphatic heterocycles. The number of hydrogen-bond acceptors (Lipinski definition) is 6. The van der Waals surface area contributed by atoms with Gasteiger partial charge in [0, 0.05) is 13.0 Å². The monoisotopic (exact) mass is 513 g/mol. The number of sulfone groups is 1. The molecule has 2 aromatic carbocycles. The van der Waals surface area contributed by atoms with Crippen molar-refractivity contribution in [3.63, 3.8) is 0 Å². The number of benzene rings is 2. The number of carbonyl (C=O) groups excluding carboxylic acids is 1. The Labute approximate surface area is 204 Å². The van der Waals surface area contributed by atoms with E-state index in [0.717, 1.165) is 46.4 Å². The molecule has 0 N–H and O–H groups in total. The van der Waals surface area contributed by atoms with E-state index >= 15 is 0 Å². The van der Waals surface area contributed by atoms with Gasteiger partial charge in [-0.05, 0) is 76.3 Å². The third kappa shape index (κ3) is 6.72. The highest BCUT2D eigenvalue weighted by molar-refractivity contribution is 7.91. The van der Waals surface area contributed by atoms with Crippen LogP contribution >= 0.6 is 23.7 Å². The lowest BCUT2D eigenvalue weighted by Crippen LogP contribution is -2.34. The number of fused-ring (bicyclic) bond motifs is 1. The van der Waals surface area contributed by atoms with Gasteiger partial charge in [0.25, 0.3) is 0 Å². The summed E-state index contributed by atoms with van der Waals surface area (Å²) in [6, 6.07) is 8.70. The van der Waals surface area contributed by atoms with Gasteiger partial charge < -0.3 is 4.90 Å². The maximum atomic E-state index is 13.2. The lowest BCUT2D eigenvalue weighted by atomic mass is 10.1. The summed E-state index contributed by atoms with van der Waals surface area (Å²) in [5.41, 5.74) is 3.00. The highest BCUT2D eigenvalue weighted by Gasteiger charge is 2.24. The van der Waals surface area contributed by atoms with E-state index < -0.39 is 15.7 Å². The van der Waals surface area contributed by atoms with Crippen LogP contribution in [0.5, 0.6) is 0 Å². The second kappa shape index (κ2) is 11.4. The number of halogens is 2. The average molecular weight is 514 g/mol. The molecule has 0 unspecified atom stereocenters. The molecule has 6 nitrogen and oxygen atoms in total. The predicted octanol–water partition coefficient (Wildman–Crippen LogP) is 4.62. The van der Waals surface area contributed by atoms with Gasteiger partial charge >= 0.3 is 0 Å². The molecule has 0 radical (unpaired) electrons. The second-order valence-corrected chi connectivity index (χ2v) is 11.2. The summed E-state index contributed by atoms with van der Waals surface area (Å²) in [5.74, 6) is -1.14. The third-order valence-corrected chi connectivity index (χ3v) is 8.15. The molecule has 0 atom stereocenters. The molecule has 1 amide bonds. The summed E-state index contributed by atoms with van der Waals surface area (Å²) in [6.07, 6.45) is 0.562. The lowest BCUT2D eigenvalue weighted by Gasteiger charge is -2.21. The lowest BCUT2D eigenvalue weighted by molar-refractivity contribution is -0.118. The Bertz CT molecular complexity index is 1170. The van der Waals surface area contributed by atoms with E-state index in [0.29, 0.717) is 11.7 Å². The molecule has 180 valence electrons. The number of nitrogens with zero attached hydrogens (tertiary/aromatic N) is 3. The standard InChI is InChI=1S/C23H28FN3O3S2.ClH/c1-16-6-7-17(2)22-21(16)25-23(31-22)27(14-5-13-26(3)4)20(28)12-15-32(29,30)19-10-8-18(24)9-11-19;/h6-11H,5,12-15H2,1-4H3;1H. The first-order chi connectivity index (χ1) is 15.1. The van der Waals surface area contributed by atoms with E-state index in [9.17, 15) is 17.6 Å². The van der Waals surface area contributed by atoms with Crippen molar-refractivity contribution >= 4 is 54.8 Å². The van der Waals surface area contributed by atoms with Crippen LogP contribution in [-0.2, 0) is 14.6 Å². The molecule has 0 bridgehead atoms. The maximum absolute atomic E-state index is 13.2. The number of rotatable bonds is 9. The van der Waals surface area contributed by atoms with Gasteiger partial charge in [-0.25, -0.2) is 17.8 Å². The topological polar surface area (TPSA) is 70.6 Å². The first kappa shape index (κ1) is 27.2. The van der Waals surface area contributed by atoms with E-state index in [1.54, 1.807) is 4.90 Å². The first-order valence-electron chi connectivity index (χ1n) is 10.4. The van der Waals surface area contributed by atoms with E-state index in [2.05, 4.69) is 0 Å². The smallest absolute Gasteiger partial charge is 0.229 e. The van der Waals surface area contributed by atoms with Crippen LogP contribution in [0.3, 0.4) is 0 Å². The van der Waals surface area contributed by atoms with Gasteiger partial charge in [0.2, 0.25) is 5.91 Å². The maximum Gasteiger partial charge on any atom is 0.229 e. The number of carbonyl (C=O) groups is 1. The molecule has 33 heavy (non-hydrogen) atoms. The zero-order valence-electron chi connectivity index (χ0n) is 19.2. The van der Waals surface area contributed by atoms with Gasteiger partial charge in [0.05, 0.1) is 20.9 Å². The SMILES string of the molecule is Cc1ccc(C)c2sc(N(CCCN(C)C)C(=O)CCS(=O)(=O)c3ccc(F)cc3)nc12.Cl. The number of aromatic nitrogens is 1. The highest BCUT2D eigenvalue weighted by Crippen LogP contribution is 2.33. The molecular weight excluding hydrogens is 485 g/mol. The van der Waals surface area contributed by atoms with Crippen LogP contribution in [0, 0.1) is 19.7 Å². The Hall–Kier alpha value is -2.07. The highest BCUT2D eigenvalue weighted by atomic mass is 35.5. The molecule has 3 aromatic rings. The van der Waals surface area contributed by atoms with Gasteiger partial charge in [-0.3, -0.25) is 9.69 Å². The van der Waals surface area contributed by atoms with Crippen LogP contribution < -0.4 is 4.90 Å². The summed E-state index contributed by atoms with van der Waals surface area (Å²) in [5, 5.41) is 0.584. The molecule has 0 aliphatic carbocycles. The fourth-order valence-electron chi connectivity index (χ4n) is 3.35. The summed E-state index contributed by atoms with van der Waals surface area (Å²) < 4.78 is 39.4. The largest absolute Gasteiger partial charge is 0.309 e. The molecular formula is C23H29ClFN3O3S2. The fraction of sp³-hybridized carbons (Fsp3) is 0.391. The minimum atomic E-state index is -3.70. The summed E-state index contributed by atoms with van der Waals surface area (Å²) in [7, 11) is 0.229. The van der Waals surface area contributed by atoms with Crippen molar-refractivity contribution < 1.29 is 17.6 Å². The van der Waals surface area contributed by atoms with Crippen molar-refractivity contribution in [2.75, 3.05) is 37.8 Å². The van der Waals surface area contributed by atoms with Crippen molar-refractivity contribution in [1.29, 1.82) is 0 Å². The Morgan fingerprint density at radius 1 is 1.03 bits per heavy atom.